The van der Waals surface area contributed by atoms with Crippen molar-refractivity contribution >= 4 is 41.3 Å². The lowest BCUT2D eigenvalue weighted by Crippen LogP contribution is -2.38. The van der Waals surface area contributed by atoms with Gasteiger partial charge >= 0.3 is 0 Å². The molecule has 1 atom stereocenters. The monoisotopic (exact) mass is 540 g/mol. The summed E-state index contributed by atoms with van der Waals surface area (Å²) in [5, 5.41) is 6.45. The molecule has 0 aliphatic heterocycles. The number of nitrogens with zero attached hydrogens (tertiary/aromatic N) is 5. The van der Waals surface area contributed by atoms with Gasteiger partial charge in [-0.25, -0.2) is 15.0 Å². The summed E-state index contributed by atoms with van der Waals surface area (Å²) in [7, 11) is 3.73. The van der Waals surface area contributed by atoms with Gasteiger partial charge in [0.05, 0.1) is 30.8 Å². The minimum atomic E-state index is 0. The van der Waals surface area contributed by atoms with Crippen molar-refractivity contribution < 1.29 is 4.74 Å². The molecule has 0 saturated carbocycles. The van der Waals surface area contributed by atoms with Crippen LogP contribution in [0.2, 0.25) is 0 Å². The summed E-state index contributed by atoms with van der Waals surface area (Å²) >= 11 is 1.63. The van der Waals surface area contributed by atoms with Crippen LogP contribution in [0.4, 0.5) is 0 Å². The molecule has 2 heterocycles. The van der Waals surface area contributed by atoms with Crippen LogP contribution in [0.3, 0.4) is 0 Å². The molecule has 0 aliphatic carbocycles. The number of aliphatic imine (C=N–C) groups is 1. The zero-order chi connectivity index (χ0) is 20.6. The second kappa shape index (κ2) is 12.0. The van der Waals surface area contributed by atoms with Gasteiger partial charge in [0, 0.05) is 38.5 Å². The van der Waals surface area contributed by atoms with Gasteiger partial charge in [-0.3, -0.25) is 0 Å². The molecule has 9 heteroatoms. The number of benzene rings is 1. The molecule has 1 aromatic carbocycles. The van der Waals surface area contributed by atoms with E-state index in [-0.39, 0.29) is 30.1 Å². The average molecular weight is 540 g/mol. The highest BCUT2D eigenvalue weighted by Gasteiger charge is 2.13. The second-order valence-electron chi connectivity index (χ2n) is 6.68. The van der Waals surface area contributed by atoms with Crippen LogP contribution in [0.5, 0.6) is 0 Å². The lowest BCUT2D eigenvalue weighted by atomic mass is 10.2. The molecule has 0 spiro atoms. The highest BCUT2D eigenvalue weighted by molar-refractivity contribution is 14.0. The average Bonchev–Trinajstić information content (AvgIpc) is 3.43. The van der Waals surface area contributed by atoms with E-state index in [1.165, 1.54) is 0 Å². The number of para-hydroxylation sites is 1. The number of methoxy groups -OCH3 is 1. The van der Waals surface area contributed by atoms with Crippen molar-refractivity contribution in [2.45, 2.75) is 33.0 Å². The van der Waals surface area contributed by atoms with Crippen LogP contribution in [0.1, 0.15) is 36.2 Å². The Labute approximate surface area is 199 Å². The molecule has 0 amide bonds. The Balaban J connectivity index is 0.00000320. The van der Waals surface area contributed by atoms with Crippen LogP contribution >= 0.6 is 35.3 Å². The van der Waals surface area contributed by atoms with Crippen molar-refractivity contribution in [3.8, 4) is 5.69 Å². The smallest absolute Gasteiger partial charge is 0.194 e. The van der Waals surface area contributed by atoms with E-state index in [4.69, 9.17) is 9.73 Å². The van der Waals surface area contributed by atoms with E-state index in [0.717, 1.165) is 34.5 Å². The van der Waals surface area contributed by atoms with Gasteiger partial charge < -0.3 is 19.5 Å². The Morgan fingerprint density at radius 2 is 2.17 bits per heavy atom. The van der Waals surface area contributed by atoms with Gasteiger partial charge in [0.25, 0.3) is 0 Å². The molecule has 162 valence electrons. The Kier molecular flexibility index (Phi) is 9.73. The number of halogens is 1. The van der Waals surface area contributed by atoms with Crippen molar-refractivity contribution in [2.75, 3.05) is 20.7 Å². The van der Waals surface area contributed by atoms with Crippen molar-refractivity contribution in [1.82, 2.24) is 24.8 Å². The zero-order valence-electron chi connectivity index (χ0n) is 17.8. The lowest BCUT2D eigenvalue weighted by Gasteiger charge is -2.21. The number of imidazole rings is 1. The number of thiazole rings is 1. The van der Waals surface area contributed by atoms with E-state index in [1.54, 1.807) is 31.0 Å². The van der Waals surface area contributed by atoms with Gasteiger partial charge in [0.1, 0.15) is 11.1 Å². The van der Waals surface area contributed by atoms with Gasteiger partial charge in [-0.05, 0) is 25.5 Å². The normalized spacial score (nSPS) is 12.3. The van der Waals surface area contributed by atoms with Gasteiger partial charge in [-0.2, -0.15) is 0 Å². The fraction of sp³-hybridized carbons (Fsp3) is 0.381. The van der Waals surface area contributed by atoms with E-state index in [1.807, 2.05) is 36.9 Å². The molecule has 0 radical (unpaired) electrons. The van der Waals surface area contributed by atoms with Crippen LogP contribution in [0.15, 0.2) is 53.4 Å². The minimum Gasteiger partial charge on any atom is -0.375 e. The molecule has 30 heavy (non-hydrogen) atoms. The fourth-order valence-electron chi connectivity index (χ4n) is 2.93. The Hall–Kier alpha value is -1.98. The maximum atomic E-state index is 5.36. The third-order valence-electron chi connectivity index (χ3n) is 4.54. The first-order chi connectivity index (χ1) is 14.1. The van der Waals surface area contributed by atoms with Crippen LogP contribution in [0, 0.1) is 0 Å². The number of guanidine groups is 1. The highest BCUT2D eigenvalue weighted by Crippen LogP contribution is 2.21. The molecule has 3 aromatic rings. The summed E-state index contributed by atoms with van der Waals surface area (Å²) < 4.78 is 7.37. The predicted molar refractivity (Wildman–Crippen MR) is 133 cm³/mol. The largest absolute Gasteiger partial charge is 0.375 e. The van der Waals surface area contributed by atoms with Gasteiger partial charge in [0.15, 0.2) is 5.96 Å². The topological polar surface area (TPSA) is 67.6 Å². The summed E-state index contributed by atoms with van der Waals surface area (Å²) in [4.78, 5) is 15.8. The lowest BCUT2D eigenvalue weighted by molar-refractivity contribution is 0.119. The number of hydrogen-bond acceptors (Lipinski definition) is 5. The number of rotatable bonds is 8. The first-order valence-electron chi connectivity index (χ1n) is 9.65. The van der Waals surface area contributed by atoms with E-state index in [0.29, 0.717) is 13.1 Å². The molecule has 2 aromatic heterocycles. The summed E-state index contributed by atoms with van der Waals surface area (Å²) in [6, 6.07) is 8.24. The first-order valence-corrected chi connectivity index (χ1v) is 10.5. The Bertz CT molecular complexity index is 927. The molecule has 1 N–H and O–H groups in total. The van der Waals surface area contributed by atoms with E-state index in [2.05, 4.69) is 44.6 Å². The maximum absolute atomic E-state index is 5.36. The molecule has 1 unspecified atom stereocenters. The fourth-order valence-corrected chi connectivity index (χ4v) is 3.77. The first kappa shape index (κ1) is 24.3. The molecule has 0 saturated heterocycles. The van der Waals surface area contributed by atoms with Crippen LogP contribution < -0.4 is 5.32 Å². The number of nitrogens with one attached hydrogen (secondary N) is 1. The summed E-state index contributed by atoms with van der Waals surface area (Å²) in [6.45, 7) is 6.14. The van der Waals surface area contributed by atoms with Crippen molar-refractivity contribution in [2.24, 2.45) is 4.99 Å². The quantitative estimate of drug-likeness (QED) is 0.263. The molecule has 0 fully saturated rings. The molecule has 3 rings (SSSR count). The van der Waals surface area contributed by atoms with Crippen LogP contribution in [-0.2, 0) is 17.8 Å². The zero-order valence-corrected chi connectivity index (χ0v) is 20.9. The van der Waals surface area contributed by atoms with Crippen molar-refractivity contribution in [1.29, 1.82) is 0 Å². The van der Waals surface area contributed by atoms with Crippen LogP contribution in [0.25, 0.3) is 5.69 Å². The Morgan fingerprint density at radius 1 is 1.37 bits per heavy atom. The molecule has 0 bridgehead atoms. The summed E-state index contributed by atoms with van der Waals surface area (Å²) in [6.07, 6.45) is 5.55. The number of ether oxygens (including phenoxy) is 1. The van der Waals surface area contributed by atoms with E-state index in [9.17, 15) is 0 Å². The second-order valence-corrected chi connectivity index (χ2v) is 7.57. The Morgan fingerprint density at radius 3 is 2.87 bits per heavy atom. The highest BCUT2D eigenvalue weighted by atomic mass is 127. The summed E-state index contributed by atoms with van der Waals surface area (Å²) in [5.41, 5.74) is 3.24. The SMILES string of the molecule is CCNC(=NCc1ccccc1-n1ccnc1)N(C)Cc1csc(C(C)OC)n1.I. The van der Waals surface area contributed by atoms with Gasteiger partial charge in [0.2, 0.25) is 0 Å². The molecular weight excluding hydrogens is 511 g/mol. The predicted octanol–water partition coefficient (Wildman–Crippen LogP) is 4.25. The standard InChI is InChI=1S/C21H28N6OS.HI/c1-5-23-21(26(3)13-18-14-29-20(25-18)16(2)28-4)24-12-17-8-6-7-9-19(17)27-11-10-22-15-27;/h6-11,14-16H,5,12-13H2,1-4H3,(H,23,24);1H. The van der Waals surface area contributed by atoms with E-state index >= 15 is 0 Å². The number of aromatic nitrogens is 3. The minimum absolute atomic E-state index is 0. The molecular formula is C21H29IN6OS. The van der Waals surface area contributed by atoms with Gasteiger partial charge in [-0.15, -0.1) is 35.3 Å². The third kappa shape index (κ3) is 6.26. The van der Waals surface area contributed by atoms with E-state index < -0.39 is 0 Å². The van der Waals surface area contributed by atoms with Crippen molar-refractivity contribution in [3.63, 3.8) is 0 Å². The third-order valence-corrected chi connectivity index (χ3v) is 5.59. The molecule has 0 aliphatic rings. The van der Waals surface area contributed by atoms with Gasteiger partial charge in [-0.1, -0.05) is 18.2 Å². The van der Waals surface area contributed by atoms with Crippen LogP contribution in [-0.4, -0.2) is 46.1 Å². The molecule has 7 nitrogen and oxygen atoms in total. The summed E-state index contributed by atoms with van der Waals surface area (Å²) in [5.74, 6) is 0.849. The number of hydrogen-bond donors (Lipinski definition) is 1. The maximum Gasteiger partial charge on any atom is 0.194 e. The van der Waals surface area contributed by atoms with Crippen molar-refractivity contribution in [3.05, 3.63) is 64.6 Å².